The number of amides is 2. The van der Waals surface area contributed by atoms with E-state index in [1.165, 1.54) is 23.1 Å². The van der Waals surface area contributed by atoms with Crippen LogP contribution in [0.25, 0.3) is 0 Å². The summed E-state index contributed by atoms with van der Waals surface area (Å²) in [6, 6.07) is 14.7. The molecule has 0 heterocycles. The molecule has 0 spiro atoms. The van der Waals surface area contributed by atoms with Crippen LogP contribution in [0.4, 0.5) is 10.5 Å². The molecule has 3 nitrogen and oxygen atoms in total. The summed E-state index contributed by atoms with van der Waals surface area (Å²) < 4.78 is 0. The normalized spacial score (nSPS) is 14.2. The highest BCUT2D eigenvalue weighted by Crippen LogP contribution is 2.25. The summed E-state index contributed by atoms with van der Waals surface area (Å²) in [5.41, 5.74) is 6.14. The fraction of sp³-hybridized carbons (Fsp3) is 0.409. The van der Waals surface area contributed by atoms with E-state index in [0.29, 0.717) is 5.92 Å². The van der Waals surface area contributed by atoms with Gasteiger partial charge in [0.25, 0.3) is 0 Å². The number of hydrogen-bond donors (Lipinski definition) is 2. The zero-order valence-corrected chi connectivity index (χ0v) is 15.4. The molecule has 2 amide bonds. The minimum absolute atomic E-state index is 0.0237. The lowest BCUT2D eigenvalue weighted by Gasteiger charge is -2.19. The molecule has 1 aliphatic rings. The SMILES string of the molecule is CC[C@H](NC(=O)Nc1ccc2c(c1)CCC2)c1ccc(C(C)C)cc1. The number of carbonyl (C=O) groups excluding carboxylic acids is 1. The number of fused-ring (bicyclic) bond motifs is 1. The van der Waals surface area contributed by atoms with Gasteiger partial charge in [-0.05, 0) is 66.0 Å². The third-order valence-electron chi connectivity index (χ3n) is 5.08. The number of nitrogens with one attached hydrogen (secondary N) is 2. The zero-order valence-electron chi connectivity index (χ0n) is 15.4. The molecule has 2 N–H and O–H groups in total. The van der Waals surface area contributed by atoms with Crippen LogP contribution in [0.15, 0.2) is 42.5 Å². The van der Waals surface area contributed by atoms with Crippen molar-refractivity contribution >= 4 is 11.7 Å². The summed E-state index contributed by atoms with van der Waals surface area (Å²) in [7, 11) is 0. The molecule has 25 heavy (non-hydrogen) atoms. The first-order valence-corrected chi connectivity index (χ1v) is 9.36. The molecule has 0 saturated heterocycles. The Hall–Kier alpha value is -2.29. The predicted octanol–water partition coefficient (Wildman–Crippen LogP) is 5.57. The fourth-order valence-corrected chi connectivity index (χ4v) is 3.51. The second-order valence-corrected chi connectivity index (χ2v) is 7.22. The van der Waals surface area contributed by atoms with Gasteiger partial charge in [-0.1, -0.05) is 51.1 Å². The van der Waals surface area contributed by atoms with Crippen molar-refractivity contribution in [2.45, 2.75) is 58.4 Å². The largest absolute Gasteiger partial charge is 0.331 e. The summed E-state index contributed by atoms with van der Waals surface area (Å²) in [5, 5.41) is 6.08. The van der Waals surface area contributed by atoms with Crippen LogP contribution in [0.2, 0.25) is 0 Å². The molecule has 3 rings (SSSR count). The molecule has 0 aromatic heterocycles. The van der Waals surface area contributed by atoms with Crippen LogP contribution < -0.4 is 10.6 Å². The highest BCUT2D eigenvalue weighted by atomic mass is 16.2. The highest BCUT2D eigenvalue weighted by molar-refractivity contribution is 5.89. The molecule has 1 aliphatic carbocycles. The van der Waals surface area contributed by atoms with E-state index in [0.717, 1.165) is 30.5 Å². The molecule has 132 valence electrons. The van der Waals surface area contributed by atoms with Gasteiger partial charge in [-0.2, -0.15) is 0 Å². The number of urea groups is 1. The average Bonchev–Trinajstić information content (AvgIpc) is 3.07. The number of aryl methyl sites for hydroxylation is 2. The van der Waals surface area contributed by atoms with Gasteiger partial charge in [-0.25, -0.2) is 4.79 Å². The second kappa shape index (κ2) is 7.73. The topological polar surface area (TPSA) is 41.1 Å². The second-order valence-electron chi connectivity index (χ2n) is 7.22. The van der Waals surface area contributed by atoms with E-state index >= 15 is 0 Å². The van der Waals surface area contributed by atoms with E-state index in [1.54, 1.807) is 0 Å². The number of anilines is 1. The lowest BCUT2D eigenvalue weighted by atomic mass is 9.98. The van der Waals surface area contributed by atoms with Crippen LogP contribution in [0, 0.1) is 0 Å². The van der Waals surface area contributed by atoms with Crippen LogP contribution in [0.5, 0.6) is 0 Å². The van der Waals surface area contributed by atoms with Crippen LogP contribution in [-0.2, 0) is 12.8 Å². The van der Waals surface area contributed by atoms with Crippen LogP contribution >= 0.6 is 0 Å². The van der Waals surface area contributed by atoms with Gasteiger partial charge in [0.2, 0.25) is 0 Å². The molecule has 1 atom stereocenters. The van der Waals surface area contributed by atoms with Gasteiger partial charge in [0, 0.05) is 5.69 Å². The van der Waals surface area contributed by atoms with Gasteiger partial charge >= 0.3 is 6.03 Å². The van der Waals surface area contributed by atoms with Crippen LogP contribution in [-0.4, -0.2) is 6.03 Å². The standard InChI is InChI=1S/C22H28N2O/c1-4-21(18-10-8-16(9-11-18)15(2)3)24-22(25)23-20-13-12-17-6-5-7-19(17)14-20/h8-15,21H,4-7H2,1-3H3,(H2,23,24,25)/t21-/m0/s1. The molecule has 0 bridgehead atoms. The molecule has 0 radical (unpaired) electrons. The van der Waals surface area contributed by atoms with E-state index in [9.17, 15) is 4.79 Å². The maximum Gasteiger partial charge on any atom is 0.319 e. The molecule has 0 aliphatic heterocycles. The molecule has 0 fully saturated rings. The van der Waals surface area contributed by atoms with Crippen molar-refractivity contribution < 1.29 is 4.79 Å². The summed E-state index contributed by atoms with van der Waals surface area (Å²) in [5.74, 6) is 0.519. The molecule has 0 unspecified atom stereocenters. The number of carbonyl (C=O) groups is 1. The first-order chi connectivity index (χ1) is 12.1. The first-order valence-electron chi connectivity index (χ1n) is 9.36. The Balaban J connectivity index is 1.64. The van der Waals surface area contributed by atoms with E-state index < -0.39 is 0 Å². The van der Waals surface area contributed by atoms with Gasteiger partial charge < -0.3 is 10.6 Å². The minimum atomic E-state index is -0.141. The Morgan fingerprint density at radius 1 is 1.00 bits per heavy atom. The molecule has 2 aromatic rings. The fourth-order valence-electron chi connectivity index (χ4n) is 3.51. The van der Waals surface area contributed by atoms with Crippen molar-refractivity contribution in [2.24, 2.45) is 0 Å². The van der Waals surface area contributed by atoms with Gasteiger partial charge in [-0.15, -0.1) is 0 Å². The van der Waals surface area contributed by atoms with Crippen LogP contribution in [0.3, 0.4) is 0 Å². The third kappa shape index (κ3) is 4.22. The average molecular weight is 336 g/mol. The lowest BCUT2D eigenvalue weighted by Crippen LogP contribution is -2.32. The molecule has 0 saturated carbocycles. The number of benzene rings is 2. The summed E-state index contributed by atoms with van der Waals surface area (Å²) in [6.45, 7) is 6.47. The Morgan fingerprint density at radius 2 is 1.68 bits per heavy atom. The van der Waals surface area contributed by atoms with Crippen molar-refractivity contribution in [2.75, 3.05) is 5.32 Å². The molecular formula is C22H28N2O. The highest BCUT2D eigenvalue weighted by Gasteiger charge is 2.15. The smallest absolute Gasteiger partial charge is 0.319 e. The van der Waals surface area contributed by atoms with Crippen molar-refractivity contribution in [1.82, 2.24) is 5.32 Å². The van der Waals surface area contributed by atoms with E-state index in [1.807, 2.05) is 6.07 Å². The van der Waals surface area contributed by atoms with Crippen molar-refractivity contribution in [3.63, 3.8) is 0 Å². The quantitative estimate of drug-likeness (QED) is 0.736. The predicted molar refractivity (Wildman–Crippen MR) is 104 cm³/mol. The van der Waals surface area contributed by atoms with Crippen LogP contribution in [0.1, 0.15) is 67.8 Å². The lowest BCUT2D eigenvalue weighted by molar-refractivity contribution is 0.248. The minimum Gasteiger partial charge on any atom is -0.331 e. The number of hydrogen-bond acceptors (Lipinski definition) is 1. The molecule has 3 heteroatoms. The first kappa shape index (κ1) is 17.5. The molecule has 2 aromatic carbocycles. The van der Waals surface area contributed by atoms with E-state index in [-0.39, 0.29) is 12.1 Å². The van der Waals surface area contributed by atoms with Crippen molar-refractivity contribution in [3.8, 4) is 0 Å². The van der Waals surface area contributed by atoms with Gasteiger partial charge in [-0.3, -0.25) is 0 Å². The van der Waals surface area contributed by atoms with Gasteiger partial charge in [0.1, 0.15) is 0 Å². The Bertz CT molecular complexity index is 734. The zero-order chi connectivity index (χ0) is 17.8. The molecular weight excluding hydrogens is 308 g/mol. The maximum absolute atomic E-state index is 12.4. The summed E-state index contributed by atoms with van der Waals surface area (Å²) >= 11 is 0. The maximum atomic E-state index is 12.4. The Morgan fingerprint density at radius 3 is 2.36 bits per heavy atom. The summed E-state index contributed by atoms with van der Waals surface area (Å²) in [4.78, 5) is 12.4. The van der Waals surface area contributed by atoms with E-state index in [2.05, 4.69) is 67.8 Å². The van der Waals surface area contributed by atoms with Gasteiger partial charge in [0.05, 0.1) is 6.04 Å². The van der Waals surface area contributed by atoms with Gasteiger partial charge in [0.15, 0.2) is 0 Å². The Labute approximate surface area is 150 Å². The third-order valence-corrected chi connectivity index (χ3v) is 5.08. The van der Waals surface area contributed by atoms with Crippen molar-refractivity contribution in [1.29, 1.82) is 0 Å². The monoisotopic (exact) mass is 336 g/mol. The van der Waals surface area contributed by atoms with Crippen molar-refractivity contribution in [3.05, 3.63) is 64.7 Å². The number of rotatable bonds is 5. The summed E-state index contributed by atoms with van der Waals surface area (Å²) in [6.07, 6.45) is 4.35. The Kier molecular flexibility index (Phi) is 5.42. The van der Waals surface area contributed by atoms with E-state index in [4.69, 9.17) is 0 Å².